The van der Waals surface area contributed by atoms with Crippen LogP contribution in [0.1, 0.15) is 76.1 Å². The lowest BCUT2D eigenvalue weighted by molar-refractivity contribution is -0.113. The van der Waals surface area contributed by atoms with Crippen LogP contribution in [0.25, 0.3) is 5.57 Å². The Labute approximate surface area is 221 Å². The fourth-order valence-electron chi connectivity index (χ4n) is 5.71. The highest BCUT2D eigenvalue weighted by Crippen LogP contribution is 2.39. The van der Waals surface area contributed by atoms with Gasteiger partial charge in [-0.2, -0.15) is 0 Å². The van der Waals surface area contributed by atoms with Gasteiger partial charge in [-0.25, -0.2) is 0 Å². The number of amides is 1. The third kappa shape index (κ3) is 5.33. The molecule has 200 valence electrons. The molecule has 1 saturated heterocycles. The molecule has 2 unspecified atom stereocenters. The van der Waals surface area contributed by atoms with E-state index in [1.54, 1.807) is 0 Å². The zero-order valence-corrected chi connectivity index (χ0v) is 23.3. The molecule has 1 aromatic rings. The van der Waals surface area contributed by atoms with E-state index in [2.05, 4.69) is 46.5 Å². The van der Waals surface area contributed by atoms with Crippen molar-refractivity contribution in [3.05, 3.63) is 65.7 Å². The van der Waals surface area contributed by atoms with Gasteiger partial charge in [0, 0.05) is 44.0 Å². The standard InChI is InChI=1S/C30H42N4O3/c1-9-25-14-21(4)33(20(3)13-19(2)24(7)35)18-26(15-25)28-29(31(8)34(28)27-11-10-12-27)30(36)32-16-22(5)37-23(6)17-32/h9,13-15,21-23,27H,1-2,10-12,16-18H2,3-8H3/b20-13+/t21?,22-,23?/m1/s1. The first-order valence-corrected chi connectivity index (χ1v) is 13.4. The van der Waals surface area contributed by atoms with Crippen molar-refractivity contribution in [3.8, 4) is 0 Å². The second kappa shape index (κ2) is 10.7. The maximum absolute atomic E-state index is 14.0. The van der Waals surface area contributed by atoms with Crippen LogP contribution in [-0.4, -0.2) is 68.7 Å². The SMILES string of the molecule is C=CC1=CC(C)N(/C(C)=C/C(=C)C(C)=O)CC(c2c(C(=O)N3CC(C)O[C@H](C)C3)n(C)n2C2CCC2)=C1. The number of rotatable bonds is 7. The molecule has 1 aliphatic carbocycles. The van der Waals surface area contributed by atoms with E-state index in [0.29, 0.717) is 31.2 Å². The van der Waals surface area contributed by atoms with Crippen molar-refractivity contribution in [1.82, 2.24) is 19.2 Å². The molecule has 3 aliphatic rings. The monoisotopic (exact) mass is 506 g/mol. The van der Waals surface area contributed by atoms with Crippen LogP contribution in [0.4, 0.5) is 0 Å². The second-order valence-electron chi connectivity index (χ2n) is 10.9. The van der Waals surface area contributed by atoms with Gasteiger partial charge in [0.05, 0.1) is 23.9 Å². The van der Waals surface area contributed by atoms with Gasteiger partial charge in [-0.15, -0.1) is 0 Å². The van der Waals surface area contributed by atoms with E-state index in [0.717, 1.165) is 41.1 Å². The minimum Gasteiger partial charge on any atom is -0.372 e. The molecule has 0 bridgehead atoms. The fourth-order valence-corrected chi connectivity index (χ4v) is 5.71. The lowest BCUT2D eigenvalue weighted by Gasteiger charge is -2.42. The van der Waals surface area contributed by atoms with Gasteiger partial charge in [0.15, 0.2) is 5.78 Å². The van der Waals surface area contributed by atoms with E-state index in [1.165, 1.54) is 13.3 Å². The van der Waals surface area contributed by atoms with Gasteiger partial charge in [-0.1, -0.05) is 25.3 Å². The number of hydrogen-bond acceptors (Lipinski definition) is 4. The molecule has 1 amide bonds. The highest BCUT2D eigenvalue weighted by Gasteiger charge is 2.38. The van der Waals surface area contributed by atoms with Crippen molar-refractivity contribution < 1.29 is 14.3 Å². The number of ketones is 1. The van der Waals surface area contributed by atoms with Crippen LogP contribution >= 0.6 is 0 Å². The van der Waals surface area contributed by atoms with Crippen molar-refractivity contribution in [2.75, 3.05) is 19.6 Å². The molecular weight excluding hydrogens is 464 g/mol. The fraction of sp³-hybridized carbons (Fsp3) is 0.533. The largest absolute Gasteiger partial charge is 0.372 e. The van der Waals surface area contributed by atoms with Crippen LogP contribution in [0.3, 0.4) is 0 Å². The molecule has 4 rings (SSSR count). The summed E-state index contributed by atoms with van der Waals surface area (Å²) in [7, 11) is 2.01. The normalized spacial score (nSPS) is 25.2. The van der Waals surface area contributed by atoms with Gasteiger partial charge in [0.25, 0.3) is 5.91 Å². The average Bonchev–Trinajstić information content (AvgIpc) is 2.96. The van der Waals surface area contributed by atoms with E-state index < -0.39 is 0 Å². The number of nitrogens with zero attached hydrogens (tertiary/aromatic N) is 4. The van der Waals surface area contributed by atoms with E-state index in [-0.39, 0.29) is 29.9 Å². The second-order valence-corrected chi connectivity index (χ2v) is 10.9. The van der Waals surface area contributed by atoms with Gasteiger partial charge in [-0.05, 0) is 77.2 Å². The molecule has 3 heterocycles. The van der Waals surface area contributed by atoms with E-state index in [4.69, 9.17) is 4.74 Å². The van der Waals surface area contributed by atoms with E-state index >= 15 is 0 Å². The number of ether oxygens (including phenoxy) is 1. The van der Waals surface area contributed by atoms with Gasteiger partial charge in [0.2, 0.25) is 0 Å². The number of carbonyl (C=O) groups is 2. The number of hydrogen-bond donors (Lipinski definition) is 0. The molecule has 3 atom stereocenters. The van der Waals surface area contributed by atoms with Gasteiger partial charge in [-0.3, -0.25) is 19.0 Å². The van der Waals surface area contributed by atoms with Crippen molar-refractivity contribution in [2.45, 2.75) is 78.2 Å². The van der Waals surface area contributed by atoms with Gasteiger partial charge >= 0.3 is 0 Å². The van der Waals surface area contributed by atoms with Crippen LogP contribution < -0.4 is 0 Å². The Balaban J connectivity index is 1.77. The lowest BCUT2D eigenvalue weighted by atomic mass is 9.91. The summed E-state index contributed by atoms with van der Waals surface area (Å²) in [5.41, 5.74) is 5.31. The summed E-state index contributed by atoms with van der Waals surface area (Å²) in [5.74, 6) is 0.0161. The minimum absolute atomic E-state index is 0.00997. The highest BCUT2D eigenvalue weighted by molar-refractivity contribution is 5.98. The predicted molar refractivity (Wildman–Crippen MR) is 148 cm³/mol. The van der Waals surface area contributed by atoms with Gasteiger partial charge in [0.1, 0.15) is 5.69 Å². The molecule has 1 aromatic heterocycles. The first kappa shape index (κ1) is 27.0. The van der Waals surface area contributed by atoms with Crippen LogP contribution in [0, 0.1) is 0 Å². The first-order valence-electron chi connectivity index (χ1n) is 13.4. The van der Waals surface area contributed by atoms with Crippen LogP contribution in [0.15, 0.2) is 54.3 Å². The highest BCUT2D eigenvalue weighted by atomic mass is 16.5. The topological polar surface area (TPSA) is 59.7 Å². The Morgan fingerprint density at radius 3 is 2.30 bits per heavy atom. The number of morpholine rings is 1. The smallest absolute Gasteiger partial charge is 0.274 e. The first-order chi connectivity index (χ1) is 17.5. The van der Waals surface area contributed by atoms with Crippen LogP contribution in [0.2, 0.25) is 0 Å². The van der Waals surface area contributed by atoms with Crippen LogP contribution in [0.5, 0.6) is 0 Å². The molecule has 2 fully saturated rings. The quantitative estimate of drug-likeness (QED) is 0.384. The molecule has 0 aromatic carbocycles. The summed E-state index contributed by atoms with van der Waals surface area (Å²) < 4.78 is 10.3. The Morgan fingerprint density at radius 1 is 1.11 bits per heavy atom. The Hall–Kier alpha value is -3.06. The van der Waals surface area contributed by atoms with Crippen molar-refractivity contribution in [1.29, 1.82) is 0 Å². The molecule has 37 heavy (non-hydrogen) atoms. The summed E-state index contributed by atoms with van der Waals surface area (Å²) >= 11 is 0. The maximum Gasteiger partial charge on any atom is 0.274 e. The molecule has 0 spiro atoms. The number of Topliss-reactive ketones (excluding diaryl/α,β-unsaturated/α-hetero) is 1. The molecule has 1 saturated carbocycles. The molecule has 0 radical (unpaired) electrons. The van der Waals surface area contributed by atoms with E-state index in [1.807, 2.05) is 44.9 Å². The Morgan fingerprint density at radius 2 is 1.76 bits per heavy atom. The summed E-state index contributed by atoms with van der Waals surface area (Å²) in [5, 5.41) is 0. The van der Waals surface area contributed by atoms with Gasteiger partial charge < -0.3 is 14.5 Å². The van der Waals surface area contributed by atoms with E-state index in [9.17, 15) is 9.59 Å². The van der Waals surface area contributed by atoms with Crippen molar-refractivity contribution in [3.63, 3.8) is 0 Å². The zero-order valence-electron chi connectivity index (χ0n) is 23.3. The predicted octanol–water partition coefficient (Wildman–Crippen LogP) is 5.05. The molecule has 7 heteroatoms. The van der Waals surface area contributed by atoms with Crippen molar-refractivity contribution >= 4 is 17.3 Å². The summed E-state index contributed by atoms with van der Waals surface area (Å²) in [4.78, 5) is 30.0. The molecule has 7 nitrogen and oxygen atoms in total. The summed E-state index contributed by atoms with van der Waals surface area (Å²) in [6.07, 6.45) is 11.5. The minimum atomic E-state index is -0.0405. The number of aromatic nitrogens is 2. The number of carbonyl (C=O) groups excluding carboxylic acids is 2. The Kier molecular flexibility index (Phi) is 7.83. The third-order valence-electron chi connectivity index (χ3n) is 7.87. The van der Waals surface area contributed by atoms with Crippen molar-refractivity contribution in [2.24, 2.45) is 7.05 Å². The Bertz CT molecular complexity index is 1180. The molecule has 2 aliphatic heterocycles. The maximum atomic E-state index is 14.0. The summed E-state index contributed by atoms with van der Waals surface area (Å²) in [6, 6.07) is 0.479. The molecule has 0 N–H and O–H groups in total. The zero-order chi connectivity index (χ0) is 27.0. The number of allylic oxidation sites excluding steroid dienone is 6. The van der Waals surface area contributed by atoms with Crippen LogP contribution in [-0.2, 0) is 16.6 Å². The average molecular weight is 507 g/mol. The third-order valence-corrected chi connectivity index (χ3v) is 7.87. The lowest BCUT2D eigenvalue weighted by Crippen LogP contribution is -2.51. The molecular formula is C30H42N4O3. The summed E-state index contributed by atoms with van der Waals surface area (Å²) in [6.45, 7) is 19.5.